The van der Waals surface area contributed by atoms with Crippen LogP contribution in [0.5, 0.6) is 0 Å². The monoisotopic (exact) mass is 197 g/mol. The first kappa shape index (κ1) is 8.56. The molecular weight excluding hydrogens is 189 g/mol. The van der Waals surface area contributed by atoms with Crippen LogP contribution in [0.4, 0.5) is 4.39 Å². The first-order valence-corrected chi connectivity index (χ1v) is 4.93. The fourth-order valence-corrected chi connectivity index (χ4v) is 2.36. The Morgan fingerprint density at radius 1 is 1.46 bits per heavy atom. The molecule has 2 rings (SSSR count). The molecule has 0 amide bonds. The van der Waals surface area contributed by atoms with Gasteiger partial charge in [0.15, 0.2) is 0 Å². The lowest BCUT2D eigenvalue weighted by molar-refractivity contribution is 0.318. The molecule has 1 aliphatic heterocycles. The zero-order chi connectivity index (χ0) is 9.26. The van der Waals surface area contributed by atoms with Gasteiger partial charge < -0.3 is 5.21 Å². The van der Waals surface area contributed by atoms with E-state index in [1.165, 1.54) is 12.1 Å². The van der Waals surface area contributed by atoms with Crippen LogP contribution >= 0.6 is 11.8 Å². The summed E-state index contributed by atoms with van der Waals surface area (Å²) < 4.78 is 12.9. The van der Waals surface area contributed by atoms with Crippen molar-refractivity contribution in [2.45, 2.75) is 11.3 Å². The minimum Gasteiger partial charge on any atom is -0.411 e. The normalized spacial score (nSPS) is 18.7. The predicted molar refractivity (Wildman–Crippen MR) is 50.1 cm³/mol. The highest BCUT2D eigenvalue weighted by atomic mass is 32.2. The van der Waals surface area contributed by atoms with E-state index in [4.69, 9.17) is 5.21 Å². The van der Waals surface area contributed by atoms with Crippen molar-refractivity contribution in [3.63, 3.8) is 0 Å². The lowest BCUT2D eigenvalue weighted by atomic mass is 10.1. The van der Waals surface area contributed by atoms with Gasteiger partial charge in [-0.2, -0.15) is 0 Å². The van der Waals surface area contributed by atoms with Crippen molar-refractivity contribution in [2.75, 3.05) is 5.75 Å². The fraction of sp³-hybridized carbons (Fsp3) is 0.222. The number of thioether (sulfide) groups is 1. The Kier molecular flexibility index (Phi) is 2.22. The molecule has 1 aromatic carbocycles. The summed E-state index contributed by atoms with van der Waals surface area (Å²) in [4.78, 5) is 0.987. The van der Waals surface area contributed by atoms with Crippen molar-refractivity contribution in [1.82, 2.24) is 0 Å². The molecule has 0 spiro atoms. The van der Waals surface area contributed by atoms with Gasteiger partial charge in [0.05, 0.1) is 5.71 Å². The molecule has 0 aliphatic carbocycles. The third-order valence-corrected chi connectivity index (χ3v) is 3.04. The molecule has 0 saturated heterocycles. The minimum absolute atomic E-state index is 0.289. The lowest BCUT2D eigenvalue weighted by Crippen LogP contribution is -2.09. The highest BCUT2D eigenvalue weighted by Gasteiger charge is 2.16. The maximum absolute atomic E-state index is 12.9. The molecule has 68 valence electrons. The van der Waals surface area contributed by atoms with Crippen LogP contribution in [0.15, 0.2) is 28.3 Å². The molecule has 0 atom stereocenters. The molecule has 0 bridgehead atoms. The van der Waals surface area contributed by atoms with E-state index in [2.05, 4.69) is 5.16 Å². The van der Waals surface area contributed by atoms with Crippen molar-refractivity contribution in [2.24, 2.45) is 5.16 Å². The molecule has 4 heteroatoms. The molecule has 0 unspecified atom stereocenters. The number of hydrogen-bond acceptors (Lipinski definition) is 3. The van der Waals surface area contributed by atoms with E-state index in [9.17, 15) is 4.39 Å². The zero-order valence-electron chi connectivity index (χ0n) is 6.83. The van der Waals surface area contributed by atoms with Crippen LogP contribution < -0.4 is 0 Å². The summed E-state index contributed by atoms with van der Waals surface area (Å²) in [5.41, 5.74) is 1.30. The molecule has 1 aromatic rings. The van der Waals surface area contributed by atoms with Gasteiger partial charge in [-0.05, 0) is 18.2 Å². The third-order valence-electron chi connectivity index (χ3n) is 1.97. The van der Waals surface area contributed by atoms with Gasteiger partial charge in [-0.3, -0.25) is 0 Å². The largest absolute Gasteiger partial charge is 0.411 e. The molecule has 0 fully saturated rings. The lowest BCUT2D eigenvalue weighted by Gasteiger charge is -2.15. The second kappa shape index (κ2) is 3.38. The Morgan fingerprint density at radius 3 is 3.08 bits per heavy atom. The van der Waals surface area contributed by atoms with Crippen LogP contribution in [0, 0.1) is 5.82 Å². The van der Waals surface area contributed by atoms with E-state index >= 15 is 0 Å². The van der Waals surface area contributed by atoms with Crippen molar-refractivity contribution >= 4 is 17.5 Å². The number of nitrogens with zero attached hydrogens (tertiary/aromatic N) is 1. The summed E-state index contributed by atoms with van der Waals surface area (Å²) in [6, 6.07) is 4.56. The van der Waals surface area contributed by atoms with Gasteiger partial charge in [-0.15, -0.1) is 11.8 Å². The van der Waals surface area contributed by atoms with E-state index in [-0.39, 0.29) is 5.82 Å². The van der Waals surface area contributed by atoms with E-state index in [0.29, 0.717) is 12.1 Å². The van der Waals surface area contributed by atoms with E-state index < -0.39 is 0 Å². The van der Waals surface area contributed by atoms with Crippen LogP contribution in [0.25, 0.3) is 0 Å². The quantitative estimate of drug-likeness (QED) is 0.512. The number of fused-ring (bicyclic) bond motifs is 1. The van der Waals surface area contributed by atoms with Crippen LogP contribution in [0.3, 0.4) is 0 Å². The minimum atomic E-state index is -0.289. The van der Waals surface area contributed by atoms with Gasteiger partial charge in [0.2, 0.25) is 0 Å². The molecule has 0 radical (unpaired) electrons. The summed E-state index contributed by atoms with van der Waals surface area (Å²) in [5.74, 6) is 0.597. The van der Waals surface area contributed by atoms with Crippen molar-refractivity contribution in [1.29, 1.82) is 0 Å². The number of halogens is 1. The van der Waals surface area contributed by atoms with Crippen molar-refractivity contribution in [3.8, 4) is 0 Å². The Bertz CT molecular complexity index is 365. The number of rotatable bonds is 0. The molecule has 1 aliphatic rings. The van der Waals surface area contributed by atoms with Crippen LogP contribution in [0.1, 0.15) is 12.0 Å². The predicted octanol–water partition coefficient (Wildman–Crippen LogP) is 2.50. The average Bonchev–Trinajstić information content (AvgIpc) is 2.17. The Morgan fingerprint density at radius 2 is 2.31 bits per heavy atom. The first-order chi connectivity index (χ1) is 6.31. The summed E-state index contributed by atoms with van der Waals surface area (Å²) >= 11 is 1.66. The summed E-state index contributed by atoms with van der Waals surface area (Å²) in [6.07, 6.45) is 0.692. The van der Waals surface area contributed by atoms with Crippen LogP contribution in [-0.4, -0.2) is 16.7 Å². The number of hydrogen-bond donors (Lipinski definition) is 1. The van der Waals surface area contributed by atoms with Crippen molar-refractivity contribution in [3.05, 3.63) is 29.6 Å². The van der Waals surface area contributed by atoms with Crippen LogP contribution in [0.2, 0.25) is 0 Å². The summed E-state index contributed by atoms with van der Waals surface area (Å²) in [5, 5.41) is 11.9. The number of benzene rings is 1. The smallest absolute Gasteiger partial charge is 0.123 e. The van der Waals surface area contributed by atoms with Gasteiger partial charge in [-0.25, -0.2) is 4.39 Å². The highest BCUT2D eigenvalue weighted by Crippen LogP contribution is 2.30. The van der Waals surface area contributed by atoms with Gasteiger partial charge in [0, 0.05) is 22.6 Å². The third kappa shape index (κ3) is 1.54. The molecular formula is C9H8FNOS. The first-order valence-electron chi connectivity index (χ1n) is 3.95. The molecule has 13 heavy (non-hydrogen) atoms. The Balaban J connectivity index is 2.54. The maximum Gasteiger partial charge on any atom is 0.123 e. The molecule has 0 aromatic heterocycles. The highest BCUT2D eigenvalue weighted by molar-refractivity contribution is 7.99. The standard InChI is InChI=1S/C9H8FNOS/c10-6-1-2-9-7(5-6)8(11-12)3-4-13-9/h1-2,5,12H,3-4H2. The van der Waals surface area contributed by atoms with Crippen molar-refractivity contribution < 1.29 is 9.60 Å². The molecule has 1 heterocycles. The second-order valence-electron chi connectivity index (χ2n) is 2.79. The molecule has 1 N–H and O–H groups in total. The maximum atomic E-state index is 12.9. The average molecular weight is 197 g/mol. The summed E-state index contributed by atoms with van der Waals surface area (Å²) in [7, 11) is 0. The van der Waals surface area contributed by atoms with Crippen LogP contribution in [-0.2, 0) is 0 Å². The SMILES string of the molecule is ON=C1CCSc2ccc(F)cc21. The zero-order valence-corrected chi connectivity index (χ0v) is 7.64. The topological polar surface area (TPSA) is 32.6 Å². The second-order valence-corrected chi connectivity index (χ2v) is 3.92. The van der Waals surface area contributed by atoms with Gasteiger partial charge in [0.25, 0.3) is 0 Å². The van der Waals surface area contributed by atoms with Gasteiger partial charge in [-0.1, -0.05) is 5.16 Å². The molecule has 2 nitrogen and oxygen atoms in total. The molecule has 0 saturated carbocycles. The Labute approximate surface area is 79.5 Å². The van der Waals surface area contributed by atoms with Gasteiger partial charge in [0.1, 0.15) is 5.82 Å². The van der Waals surface area contributed by atoms with Gasteiger partial charge >= 0.3 is 0 Å². The van der Waals surface area contributed by atoms with E-state index in [1.807, 2.05) is 0 Å². The number of oxime groups is 1. The van der Waals surface area contributed by atoms with E-state index in [0.717, 1.165) is 16.2 Å². The van der Waals surface area contributed by atoms with E-state index in [1.54, 1.807) is 17.8 Å². The Hall–Kier alpha value is -1.03. The summed E-state index contributed by atoms with van der Waals surface area (Å²) in [6.45, 7) is 0. The fourth-order valence-electron chi connectivity index (χ4n) is 1.35.